The van der Waals surface area contributed by atoms with Crippen LogP contribution in [-0.4, -0.2) is 31.2 Å². The maximum atomic E-state index is 11.2. The van der Waals surface area contributed by atoms with Gasteiger partial charge in [0.15, 0.2) is 0 Å². The summed E-state index contributed by atoms with van der Waals surface area (Å²) in [5.41, 5.74) is 0. The fraction of sp³-hybridized carbons (Fsp3) is 0.833. The zero-order valence-electron chi connectivity index (χ0n) is 10.6. The highest BCUT2D eigenvalue weighted by molar-refractivity contribution is 5.77. The summed E-state index contributed by atoms with van der Waals surface area (Å²) in [4.78, 5) is 22.0. The van der Waals surface area contributed by atoms with Crippen molar-refractivity contribution in [2.24, 2.45) is 0 Å². The van der Waals surface area contributed by atoms with Crippen molar-refractivity contribution in [3.63, 3.8) is 0 Å². The van der Waals surface area contributed by atoms with Gasteiger partial charge >= 0.3 is 12.0 Å². The number of rotatable bonds is 7. The Balaban J connectivity index is 2.10. The van der Waals surface area contributed by atoms with Crippen molar-refractivity contribution in [1.29, 1.82) is 0 Å². The molecule has 1 saturated heterocycles. The van der Waals surface area contributed by atoms with Crippen LogP contribution >= 0.6 is 0 Å². The highest BCUT2D eigenvalue weighted by Gasteiger charge is 2.29. The molecule has 0 spiro atoms. The van der Waals surface area contributed by atoms with Crippen molar-refractivity contribution in [3.8, 4) is 0 Å². The maximum Gasteiger partial charge on any atom is 0.315 e. The molecule has 0 aromatic rings. The molecule has 17 heavy (non-hydrogen) atoms. The Morgan fingerprint density at radius 1 is 1.24 bits per heavy atom. The van der Waals surface area contributed by atoms with Crippen molar-refractivity contribution in [2.75, 3.05) is 7.11 Å². The molecule has 1 fully saturated rings. The van der Waals surface area contributed by atoms with Crippen LogP contribution in [0.1, 0.15) is 45.4 Å². The number of urea groups is 1. The number of nitrogens with one attached hydrogen (secondary N) is 2. The highest BCUT2D eigenvalue weighted by Crippen LogP contribution is 2.14. The van der Waals surface area contributed by atoms with Crippen molar-refractivity contribution in [3.05, 3.63) is 0 Å². The molecule has 98 valence electrons. The largest absolute Gasteiger partial charge is 0.469 e. The van der Waals surface area contributed by atoms with E-state index in [1.54, 1.807) is 0 Å². The zero-order chi connectivity index (χ0) is 12.7. The van der Waals surface area contributed by atoms with E-state index in [0.717, 1.165) is 32.1 Å². The topological polar surface area (TPSA) is 67.4 Å². The zero-order valence-corrected chi connectivity index (χ0v) is 10.6. The number of ether oxygens (including phenoxy) is 1. The summed E-state index contributed by atoms with van der Waals surface area (Å²) in [6.07, 6.45) is 5.29. The van der Waals surface area contributed by atoms with Gasteiger partial charge in [-0.1, -0.05) is 19.8 Å². The van der Waals surface area contributed by atoms with E-state index in [9.17, 15) is 9.59 Å². The molecule has 5 heteroatoms. The first-order valence-corrected chi connectivity index (χ1v) is 6.31. The van der Waals surface area contributed by atoms with Gasteiger partial charge in [0.2, 0.25) is 0 Å². The van der Waals surface area contributed by atoms with E-state index < -0.39 is 0 Å². The maximum absolute atomic E-state index is 11.2. The smallest absolute Gasteiger partial charge is 0.315 e. The predicted molar refractivity (Wildman–Crippen MR) is 64.6 cm³/mol. The van der Waals surface area contributed by atoms with Gasteiger partial charge in [0.05, 0.1) is 19.2 Å². The summed E-state index contributed by atoms with van der Waals surface area (Å²) in [6.45, 7) is 2.07. The molecule has 2 unspecified atom stereocenters. The van der Waals surface area contributed by atoms with Crippen molar-refractivity contribution < 1.29 is 14.3 Å². The van der Waals surface area contributed by atoms with E-state index in [4.69, 9.17) is 0 Å². The van der Waals surface area contributed by atoms with E-state index >= 15 is 0 Å². The third-order valence-electron chi connectivity index (χ3n) is 3.18. The molecule has 5 nitrogen and oxygen atoms in total. The lowest BCUT2D eigenvalue weighted by atomic mass is 10.0. The lowest BCUT2D eigenvalue weighted by Crippen LogP contribution is -2.32. The second-order valence-electron chi connectivity index (χ2n) is 4.41. The molecule has 1 aliphatic rings. The summed E-state index contributed by atoms with van der Waals surface area (Å²) < 4.78 is 4.57. The Kier molecular flexibility index (Phi) is 5.80. The summed E-state index contributed by atoms with van der Waals surface area (Å²) in [7, 11) is 1.41. The van der Waals surface area contributed by atoms with Crippen LogP contribution in [0.4, 0.5) is 4.79 Å². The minimum Gasteiger partial charge on any atom is -0.469 e. The minimum absolute atomic E-state index is 0.0589. The van der Waals surface area contributed by atoms with E-state index in [-0.39, 0.29) is 24.1 Å². The first kappa shape index (κ1) is 13.8. The molecule has 0 aromatic carbocycles. The highest BCUT2D eigenvalue weighted by atomic mass is 16.5. The number of unbranched alkanes of at least 4 members (excludes halogenated alkanes) is 2. The first-order valence-electron chi connectivity index (χ1n) is 6.31. The molecule has 2 amide bonds. The van der Waals surface area contributed by atoms with Gasteiger partial charge in [0.1, 0.15) is 0 Å². The van der Waals surface area contributed by atoms with Crippen molar-refractivity contribution in [1.82, 2.24) is 10.6 Å². The molecule has 0 aromatic heterocycles. The molecular formula is C12H22N2O3. The molecule has 2 N–H and O–H groups in total. The molecule has 0 radical (unpaired) electrons. The second-order valence-corrected chi connectivity index (χ2v) is 4.41. The van der Waals surface area contributed by atoms with Crippen molar-refractivity contribution >= 4 is 12.0 Å². The van der Waals surface area contributed by atoms with Crippen LogP contribution in [0, 0.1) is 0 Å². The Bertz CT molecular complexity index is 268. The van der Waals surface area contributed by atoms with Gasteiger partial charge in [0.25, 0.3) is 0 Å². The molecule has 1 rings (SSSR count). The fourth-order valence-corrected chi connectivity index (χ4v) is 2.15. The third kappa shape index (κ3) is 4.63. The van der Waals surface area contributed by atoms with E-state index in [1.165, 1.54) is 7.11 Å². The van der Waals surface area contributed by atoms with Gasteiger partial charge in [0, 0.05) is 6.42 Å². The van der Waals surface area contributed by atoms with Crippen LogP contribution in [0.3, 0.4) is 0 Å². The Hall–Kier alpha value is -1.26. The number of hydrogen-bond donors (Lipinski definition) is 2. The Morgan fingerprint density at radius 2 is 1.94 bits per heavy atom. The Labute approximate surface area is 102 Å². The number of carbonyl (C=O) groups is 2. The van der Waals surface area contributed by atoms with Crippen LogP contribution in [0.5, 0.6) is 0 Å². The number of amides is 2. The summed E-state index contributed by atoms with van der Waals surface area (Å²) >= 11 is 0. The van der Waals surface area contributed by atoms with Crippen LogP contribution in [0.15, 0.2) is 0 Å². The van der Waals surface area contributed by atoms with Gasteiger partial charge in [-0.2, -0.15) is 0 Å². The SMILES string of the molecule is CCC1NC(=O)NC1CCCCCC(=O)OC. The molecule has 0 aliphatic carbocycles. The van der Waals surface area contributed by atoms with Crippen molar-refractivity contribution in [2.45, 2.75) is 57.5 Å². The quantitative estimate of drug-likeness (QED) is 0.526. The van der Waals surface area contributed by atoms with E-state index in [1.807, 2.05) is 0 Å². The average molecular weight is 242 g/mol. The molecule has 0 bridgehead atoms. The van der Waals surface area contributed by atoms with Gasteiger partial charge < -0.3 is 15.4 Å². The molecule has 1 aliphatic heterocycles. The van der Waals surface area contributed by atoms with Crippen LogP contribution < -0.4 is 10.6 Å². The van der Waals surface area contributed by atoms with Gasteiger partial charge in [-0.15, -0.1) is 0 Å². The lowest BCUT2D eigenvalue weighted by molar-refractivity contribution is -0.140. The molecular weight excluding hydrogens is 220 g/mol. The predicted octanol–water partition coefficient (Wildman–Crippen LogP) is 1.57. The number of methoxy groups -OCH3 is 1. The average Bonchev–Trinajstić information content (AvgIpc) is 2.69. The summed E-state index contributed by atoms with van der Waals surface area (Å²) in [5.74, 6) is -0.146. The van der Waals surface area contributed by atoms with E-state index in [2.05, 4.69) is 22.3 Å². The monoisotopic (exact) mass is 242 g/mol. The standard InChI is InChI=1S/C12H22N2O3/c1-3-9-10(14-12(16)13-9)7-5-4-6-8-11(15)17-2/h9-10H,3-8H2,1-2H3,(H2,13,14,16). The number of hydrogen-bond acceptors (Lipinski definition) is 3. The van der Waals surface area contributed by atoms with E-state index in [0.29, 0.717) is 6.42 Å². The van der Waals surface area contributed by atoms with Crippen LogP contribution in [0.2, 0.25) is 0 Å². The fourth-order valence-electron chi connectivity index (χ4n) is 2.15. The molecule has 1 heterocycles. The lowest BCUT2D eigenvalue weighted by Gasteiger charge is -2.16. The van der Waals surface area contributed by atoms with Gasteiger partial charge in [-0.05, 0) is 19.3 Å². The minimum atomic E-state index is -0.146. The Morgan fingerprint density at radius 3 is 2.59 bits per heavy atom. The second kappa shape index (κ2) is 7.14. The third-order valence-corrected chi connectivity index (χ3v) is 3.18. The van der Waals surface area contributed by atoms with Crippen LogP contribution in [0.25, 0.3) is 0 Å². The first-order chi connectivity index (χ1) is 8.17. The molecule has 2 atom stereocenters. The molecule has 0 saturated carbocycles. The number of carbonyl (C=O) groups excluding carboxylic acids is 2. The van der Waals surface area contributed by atoms with Crippen LogP contribution in [-0.2, 0) is 9.53 Å². The summed E-state index contributed by atoms with van der Waals surface area (Å²) in [5, 5.41) is 5.82. The van der Waals surface area contributed by atoms with Gasteiger partial charge in [-0.25, -0.2) is 4.79 Å². The summed E-state index contributed by atoms with van der Waals surface area (Å²) in [6, 6.07) is 0.435. The normalized spacial score (nSPS) is 23.1. The number of esters is 1. The van der Waals surface area contributed by atoms with Gasteiger partial charge in [-0.3, -0.25) is 4.79 Å².